The molecule has 17 heteroatoms. The molecule has 2 amide bonds. The average molecular weight is 598 g/mol. The summed E-state index contributed by atoms with van der Waals surface area (Å²) in [6, 6.07) is 3.45. The van der Waals surface area contributed by atoms with Gasteiger partial charge in [-0.3, -0.25) is 14.5 Å². The van der Waals surface area contributed by atoms with Crippen molar-refractivity contribution in [1.82, 2.24) is 20.2 Å². The van der Waals surface area contributed by atoms with E-state index in [2.05, 4.69) is 20.4 Å². The van der Waals surface area contributed by atoms with Gasteiger partial charge in [0.05, 0.1) is 17.0 Å². The zero-order valence-electron chi connectivity index (χ0n) is 19.8. The highest BCUT2D eigenvalue weighted by molar-refractivity contribution is 8.07. The summed E-state index contributed by atoms with van der Waals surface area (Å²) in [5.74, 6) is -0.958. The Bertz CT molecular complexity index is 1320. The summed E-state index contributed by atoms with van der Waals surface area (Å²) < 4.78 is 6.04. The summed E-state index contributed by atoms with van der Waals surface area (Å²) in [6.07, 6.45) is 0. The lowest BCUT2D eigenvalue weighted by Gasteiger charge is -2.49. The second kappa shape index (κ2) is 12.2. The second-order valence-corrected chi connectivity index (χ2v) is 12.2. The number of oxime groups is 1. The average Bonchev–Trinajstić information content (AvgIpc) is 3.29. The summed E-state index contributed by atoms with van der Waals surface area (Å²) in [5.41, 5.74) is 11.4. The van der Waals surface area contributed by atoms with Gasteiger partial charge in [0.15, 0.2) is 5.71 Å². The number of carboxylic acid groups (broad SMARTS) is 1. The van der Waals surface area contributed by atoms with Crippen molar-refractivity contribution in [2.75, 3.05) is 30.9 Å². The van der Waals surface area contributed by atoms with Crippen LogP contribution < -0.4 is 21.5 Å². The monoisotopic (exact) mass is 597 g/mol. The van der Waals surface area contributed by atoms with Crippen molar-refractivity contribution in [3.63, 3.8) is 0 Å². The van der Waals surface area contributed by atoms with Crippen molar-refractivity contribution in [3.8, 4) is 5.19 Å². The molecule has 0 spiro atoms. The molecule has 0 aliphatic carbocycles. The third kappa shape index (κ3) is 5.70. The maximum atomic E-state index is 13.0. The molecule has 1 fully saturated rings. The molecule has 2 aliphatic heterocycles. The number of thioether (sulfide) groups is 3. The van der Waals surface area contributed by atoms with E-state index in [1.807, 2.05) is 0 Å². The summed E-state index contributed by atoms with van der Waals surface area (Å²) in [5, 5.41) is 24.7. The highest BCUT2D eigenvalue weighted by Crippen LogP contribution is 2.47. The zero-order valence-corrected chi connectivity index (χ0v) is 23.1. The Balaban J connectivity index is 1.53. The minimum atomic E-state index is -1.26. The number of fused-ring (bicyclic) bond motifs is 1. The van der Waals surface area contributed by atoms with Gasteiger partial charge in [-0.1, -0.05) is 34.3 Å². The van der Waals surface area contributed by atoms with Gasteiger partial charge in [0, 0.05) is 28.7 Å². The van der Waals surface area contributed by atoms with Crippen LogP contribution in [0.4, 0.5) is 5.82 Å². The number of anilines is 1. The molecule has 4 heterocycles. The van der Waals surface area contributed by atoms with Gasteiger partial charge >= 0.3 is 5.97 Å². The van der Waals surface area contributed by atoms with Gasteiger partial charge in [-0.05, 0) is 12.1 Å². The van der Waals surface area contributed by atoms with Gasteiger partial charge in [-0.15, -0.1) is 11.8 Å². The van der Waals surface area contributed by atoms with Crippen LogP contribution in [0.1, 0.15) is 11.4 Å². The smallest absolute Gasteiger partial charge is 0.353 e. The number of hydrogen-bond acceptors (Lipinski definition) is 14. The number of nitrogens with two attached hydrogens (primary N) is 2. The van der Waals surface area contributed by atoms with Crippen molar-refractivity contribution in [2.24, 2.45) is 10.9 Å². The van der Waals surface area contributed by atoms with Gasteiger partial charge < -0.3 is 31.8 Å². The molecule has 2 aromatic rings. The number of methoxy groups -OCH3 is 1. The third-order valence-corrected chi connectivity index (χ3v) is 10.1. The molecular formula is C21H23N7O6S4. The van der Waals surface area contributed by atoms with E-state index in [1.54, 1.807) is 11.8 Å². The second-order valence-electron chi connectivity index (χ2n) is 7.70. The van der Waals surface area contributed by atoms with E-state index in [-0.39, 0.29) is 17.2 Å². The van der Waals surface area contributed by atoms with E-state index in [9.17, 15) is 24.7 Å². The van der Waals surface area contributed by atoms with Crippen LogP contribution in [0.15, 0.2) is 38.2 Å². The topological polar surface area (TPSA) is 206 Å². The van der Waals surface area contributed by atoms with Gasteiger partial charge in [0.2, 0.25) is 0 Å². The fourth-order valence-electron chi connectivity index (χ4n) is 3.61. The quantitative estimate of drug-likeness (QED) is 0.0806. The zero-order chi connectivity index (χ0) is 27.4. The number of β-lactam (4-membered cyclic amide) rings is 1. The number of amides is 2. The van der Waals surface area contributed by atoms with Crippen LogP contribution in [0, 0.1) is 0 Å². The Hall–Kier alpha value is -2.99. The third-order valence-electron chi connectivity index (χ3n) is 5.28. The van der Waals surface area contributed by atoms with Gasteiger partial charge in [-0.25, -0.2) is 14.8 Å². The van der Waals surface area contributed by atoms with Crippen LogP contribution in [0.2, 0.25) is 0 Å². The maximum absolute atomic E-state index is 13.0. The highest BCUT2D eigenvalue weighted by atomic mass is 32.2. The van der Waals surface area contributed by atoms with Crippen molar-refractivity contribution in [2.45, 2.75) is 21.4 Å². The Morgan fingerprint density at radius 3 is 2.82 bits per heavy atom. The number of carbonyl (C=O) groups excluding carboxylic acids is 2. The molecule has 38 heavy (non-hydrogen) atoms. The fourth-order valence-corrected chi connectivity index (χ4v) is 8.20. The normalized spacial score (nSPS) is 19.2. The molecule has 0 unspecified atom stereocenters. The lowest BCUT2D eigenvalue weighted by Crippen LogP contribution is -2.71. The Labute approximate surface area is 233 Å². The summed E-state index contributed by atoms with van der Waals surface area (Å²) in [6.45, 7) is 0.525. The molecule has 4 rings (SSSR count). The number of aliphatic carboxylic acids is 1. The Morgan fingerprint density at radius 2 is 2.16 bits per heavy atom. The van der Waals surface area contributed by atoms with Crippen molar-refractivity contribution >= 4 is 75.9 Å². The van der Waals surface area contributed by atoms with E-state index in [0.29, 0.717) is 28.1 Å². The molecular weight excluding hydrogens is 575 g/mol. The number of nitrogen functional groups attached to an aromatic ring is 1. The highest BCUT2D eigenvalue weighted by Gasteiger charge is 2.54. The first-order valence-electron chi connectivity index (χ1n) is 10.9. The lowest BCUT2D eigenvalue weighted by atomic mass is 10.0. The summed E-state index contributed by atoms with van der Waals surface area (Å²) >= 11 is 5.46. The van der Waals surface area contributed by atoms with Crippen LogP contribution in [-0.2, 0) is 20.1 Å². The van der Waals surface area contributed by atoms with Crippen LogP contribution in [0.5, 0.6) is 5.19 Å². The van der Waals surface area contributed by atoms with Crippen molar-refractivity contribution in [1.29, 1.82) is 0 Å². The molecule has 7 N–H and O–H groups in total. The molecule has 0 saturated carbocycles. The van der Waals surface area contributed by atoms with Gasteiger partial charge in [0.25, 0.3) is 17.0 Å². The number of thiazole rings is 1. The predicted octanol–water partition coefficient (Wildman–Crippen LogP) is 0.988. The Morgan fingerprint density at radius 1 is 1.37 bits per heavy atom. The van der Waals surface area contributed by atoms with Crippen LogP contribution >= 0.6 is 46.6 Å². The number of pyridine rings is 1. The first-order valence-corrected chi connectivity index (χ1v) is 14.8. The summed E-state index contributed by atoms with van der Waals surface area (Å²) in [4.78, 5) is 48.2. The van der Waals surface area contributed by atoms with E-state index in [4.69, 9.17) is 16.2 Å². The van der Waals surface area contributed by atoms with E-state index in [1.165, 1.54) is 65.1 Å². The van der Waals surface area contributed by atoms with E-state index in [0.717, 1.165) is 15.7 Å². The number of rotatable bonds is 11. The largest absolute Gasteiger partial charge is 0.477 e. The van der Waals surface area contributed by atoms with Crippen LogP contribution in [0.25, 0.3) is 0 Å². The first-order chi connectivity index (χ1) is 18.3. The molecule has 13 nitrogen and oxygen atoms in total. The first kappa shape index (κ1) is 28.0. The Kier molecular flexibility index (Phi) is 9.03. The number of carbonyl (C=O) groups is 3. The number of aromatic nitrogens is 2. The molecule has 202 valence electrons. The minimum Gasteiger partial charge on any atom is -0.477 e. The van der Waals surface area contributed by atoms with E-state index >= 15 is 0 Å². The maximum Gasteiger partial charge on any atom is 0.353 e. The standard InChI is InChI=1S/C21H23N7O6S4/c1-34-21-25-10(7-35-6-5-22)20(38-21)37-11-8-36-18-14(17(30)28(18)15(11)19(31)32)26-16(29)13(27-33)9-3-2-4-12(23)24-9/h2-4,14,18,33H,5-8,22H2,1H3,(H2,23,24)(H,26,29)(H,31,32)/b27-13-/t14-,18-/m1/s1. The molecule has 2 atom stereocenters. The number of nitrogens with one attached hydrogen (secondary N) is 1. The SMILES string of the molecule is COc1nc(CSCCN)c(SC2=C(C(=O)O)N3C(=O)[C@@H](NC(=O)/C(=N\O)c4cccc(N)n4)[C@H]3SC2)s1. The minimum absolute atomic E-state index is 0.0233. The lowest BCUT2D eigenvalue weighted by molar-refractivity contribution is -0.150. The number of nitrogens with zero attached hydrogens (tertiary/aromatic N) is 4. The van der Waals surface area contributed by atoms with Crippen LogP contribution in [0.3, 0.4) is 0 Å². The van der Waals surface area contributed by atoms with E-state index < -0.39 is 34.9 Å². The van der Waals surface area contributed by atoms with Gasteiger partial charge in [-0.2, -0.15) is 11.8 Å². The molecule has 0 bridgehead atoms. The number of carboxylic acids is 1. The molecule has 2 aliphatic rings. The predicted molar refractivity (Wildman–Crippen MR) is 146 cm³/mol. The van der Waals surface area contributed by atoms with Gasteiger partial charge in [0.1, 0.15) is 28.6 Å². The molecule has 1 saturated heterocycles. The molecule has 0 aromatic carbocycles. The molecule has 2 aromatic heterocycles. The molecule has 0 radical (unpaired) electrons. The summed E-state index contributed by atoms with van der Waals surface area (Å²) in [7, 11) is 1.51. The van der Waals surface area contributed by atoms with Crippen LogP contribution in [-0.4, -0.2) is 85.3 Å². The number of ether oxygens (including phenoxy) is 1. The number of hydrogen-bond donors (Lipinski definition) is 5. The van der Waals surface area contributed by atoms with Crippen molar-refractivity contribution in [3.05, 3.63) is 40.2 Å². The fraction of sp³-hybridized carbons (Fsp3) is 0.333. The van der Waals surface area contributed by atoms with Crippen molar-refractivity contribution < 1.29 is 29.4 Å².